The Kier molecular flexibility index (Phi) is 15.7. The second-order valence-electron chi connectivity index (χ2n) is 11.3. The minimum atomic E-state index is -0.462. The van der Waals surface area contributed by atoms with Crippen molar-refractivity contribution in [1.29, 1.82) is 0 Å². The number of aryl methyl sites for hydroxylation is 1. The van der Waals surface area contributed by atoms with Gasteiger partial charge in [-0.15, -0.1) is 11.3 Å². The summed E-state index contributed by atoms with van der Waals surface area (Å²) in [6.07, 6.45) is 5.71. The van der Waals surface area contributed by atoms with Gasteiger partial charge in [-0.2, -0.15) is 0 Å². The lowest BCUT2D eigenvalue weighted by Crippen LogP contribution is -2.15. The molecule has 0 fully saturated rings. The second kappa shape index (κ2) is 19.1. The number of nitrogens with zero attached hydrogens (tertiary/aromatic N) is 1. The van der Waals surface area contributed by atoms with Gasteiger partial charge in [-0.05, 0) is 79.3 Å². The number of hydrogen-bond acceptors (Lipinski definition) is 9. The zero-order chi connectivity index (χ0) is 35.9. The fourth-order valence-electron chi connectivity index (χ4n) is 4.39. The van der Waals surface area contributed by atoms with Crippen molar-refractivity contribution >= 4 is 50.5 Å². The maximum absolute atomic E-state index is 11.8. The normalized spacial score (nSPS) is 11.1. The smallest absolute Gasteiger partial charge is 0.357 e. The summed E-state index contributed by atoms with van der Waals surface area (Å²) in [5.74, 6) is 1.55. The van der Waals surface area contributed by atoms with E-state index < -0.39 is 5.97 Å². The van der Waals surface area contributed by atoms with Gasteiger partial charge in [0, 0.05) is 24.7 Å². The molecule has 48 heavy (non-hydrogen) atoms. The first kappa shape index (κ1) is 39.3. The number of benzene rings is 3. The van der Waals surface area contributed by atoms with Gasteiger partial charge in [0.1, 0.15) is 11.5 Å². The predicted molar refractivity (Wildman–Crippen MR) is 200 cm³/mol. The third-order valence-corrected chi connectivity index (χ3v) is 7.49. The van der Waals surface area contributed by atoms with Gasteiger partial charge in [0.05, 0.1) is 25.1 Å². The number of hydrogen-bond donors (Lipinski definition) is 3. The van der Waals surface area contributed by atoms with Crippen molar-refractivity contribution in [2.24, 2.45) is 0 Å². The average molecular weight is 675 g/mol. The van der Waals surface area contributed by atoms with Crippen molar-refractivity contribution in [1.82, 2.24) is 10.3 Å². The number of fused-ring (bicyclic) bond motifs is 1. The Morgan fingerprint density at radius 3 is 2.27 bits per heavy atom. The summed E-state index contributed by atoms with van der Waals surface area (Å²) >= 11 is 1.28. The van der Waals surface area contributed by atoms with Gasteiger partial charge < -0.3 is 30.2 Å². The van der Waals surface area contributed by atoms with Crippen molar-refractivity contribution in [3.8, 4) is 11.5 Å². The fraction of sp³-hybridized carbons (Fsp3) is 0.342. The summed E-state index contributed by atoms with van der Waals surface area (Å²) in [7, 11) is 3.40. The largest absolute Gasteiger partial charge is 0.492 e. The lowest BCUT2D eigenvalue weighted by atomic mass is 9.86. The number of esters is 1. The van der Waals surface area contributed by atoms with E-state index >= 15 is 0 Å². The molecule has 9 nitrogen and oxygen atoms in total. The molecule has 0 aliphatic rings. The number of carbonyl (C=O) groups excluding carboxylic acids is 2. The highest BCUT2D eigenvalue weighted by atomic mass is 32.1. The lowest BCUT2D eigenvalue weighted by Gasteiger charge is -2.23. The molecule has 3 aromatic carbocycles. The van der Waals surface area contributed by atoms with E-state index in [0.29, 0.717) is 28.9 Å². The van der Waals surface area contributed by atoms with Crippen LogP contribution in [0, 0.1) is 6.92 Å². The Morgan fingerprint density at radius 2 is 1.69 bits per heavy atom. The molecule has 4 rings (SSSR count). The Morgan fingerprint density at radius 1 is 1.02 bits per heavy atom. The van der Waals surface area contributed by atoms with Gasteiger partial charge in [0.15, 0.2) is 16.6 Å². The van der Waals surface area contributed by atoms with Crippen LogP contribution in [0.2, 0.25) is 0 Å². The maximum atomic E-state index is 11.8. The zero-order valence-electron chi connectivity index (χ0n) is 30.0. The molecule has 0 atom stereocenters. The van der Waals surface area contributed by atoms with E-state index in [1.54, 1.807) is 12.3 Å². The molecule has 0 aliphatic carbocycles. The van der Waals surface area contributed by atoms with E-state index in [0.717, 1.165) is 22.5 Å². The van der Waals surface area contributed by atoms with E-state index in [2.05, 4.69) is 72.9 Å². The molecule has 0 radical (unpaired) electrons. The third-order valence-electron chi connectivity index (χ3n) is 6.73. The summed E-state index contributed by atoms with van der Waals surface area (Å²) in [5.41, 5.74) is 3.60. The topological polar surface area (TPSA) is 111 Å². The predicted octanol–water partition coefficient (Wildman–Crippen LogP) is 9.52. The number of ether oxygens (including phenoxy) is 3. The molecule has 0 aliphatic heterocycles. The van der Waals surface area contributed by atoms with Gasteiger partial charge in [0.25, 0.3) is 0 Å². The summed E-state index contributed by atoms with van der Waals surface area (Å²) in [5, 5.41) is 13.5. The summed E-state index contributed by atoms with van der Waals surface area (Å²) < 4.78 is 16.5. The van der Waals surface area contributed by atoms with Crippen molar-refractivity contribution in [3.05, 3.63) is 94.8 Å². The van der Waals surface area contributed by atoms with Crippen LogP contribution in [0.5, 0.6) is 11.5 Å². The summed E-state index contributed by atoms with van der Waals surface area (Å²) in [6, 6.07) is 16.3. The first-order valence-corrected chi connectivity index (χ1v) is 16.9. The molecule has 258 valence electrons. The first-order valence-electron chi connectivity index (χ1n) is 16.0. The van der Waals surface area contributed by atoms with Crippen LogP contribution in [0.15, 0.2) is 78.0 Å². The number of rotatable bonds is 10. The summed E-state index contributed by atoms with van der Waals surface area (Å²) in [6.45, 7) is 17.8. The molecule has 1 amide bonds. The van der Waals surface area contributed by atoms with Crippen LogP contribution in [0.4, 0.5) is 16.5 Å². The molecule has 0 spiro atoms. The van der Waals surface area contributed by atoms with Crippen LogP contribution < -0.4 is 25.4 Å². The Hall–Kier alpha value is -4.83. The highest BCUT2D eigenvalue weighted by Crippen LogP contribution is 2.40. The minimum absolute atomic E-state index is 0.144. The van der Waals surface area contributed by atoms with Crippen LogP contribution in [0.25, 0.3) is 10.8 Å². The lowest BCUT2D eigenvalue weighted by molar-refractivity contribution is -0.114. The monoisotopic (exact) mass is 674 g/mol. The summed E-state index contributed by atoms with van der Waals surface area (Å²) in [4.78, 5) is 27.7. The van der Waals surface area contributed by atoms with Crippen molar-refractivity contribution in [2.45, 2.75) is 67.7 Å². The molecule has 3 N–H and O–H groups in total. The molecule has 0 saturated carbocycles. The molecular formula is C38H50N4O5S. The highest BCUT2D eigenvalue weighted by molar-refractivity contribution is 7.14. The Balaban J connectivity index is 0.000000334. The molecule has 0 saturated heterocycles. The van der Waals surface area contributed by atoms with Gasteiger partial charge in [0.2, 0.25) is 5.91 Å². The number of anilines is 3. The first-order chi connectivity index (χ1) is 22.9. The van der Waals surface area contributed by atoms with Gasteiger partial charge in [-0.1, -0.05) is 65.0 Å². The second-order valence-corrected chi connectivity index (χ2v) is 12.1. The van der Waals surface area contributed by atoms with Gasteiger partial charge in [-0.3, -0.25) is 4.79 Å². The zero-order valence-corrected chi connectivity index (χ0v) is 30.8. The molecule has 10 heteroatoms. The minimum Gasteiger partial charge on any atom is -0.492 e. The van der Waals surface area contributed by atoms with Crippen LogP contribution >= 0.6 is 11.3 Å². The van der Waals surface area contributed by atoms with E-state index in [1.807, 2.05) is 70.4 Å². The van der Waals surface area contributed by atoms with Crippen molar-refractivity contribution in [2.75, 3.05) is 31.4 Å². The molecule has 0 unspecified atom stereocenters. The average Bonchev–Trinajstić information content (AvgIpc) is 3.53. The van der Waals surface area contributed by atoms with Crippen LogP contribution in [-0.2, 0) is 14.9 Å². The number of amides is 1. The van der Waals surface area contributed by atoms with Crippen molar-refractivity contribution < 1.29 is 23.8 Å². The van der Waals surface area contributed by atoms with Crippen molar-refractivity contribution in [3.63, 3.8) is 0 Å². The fourth-order valence-corrected chi connectivity index (χ4v) is 5.09. The molecule has 0 bridgehead atoms. The van der Waals surface area contributed by atoms with Crippen LogP contribution in [0.3, 0.4) is 0 Å². The molecular weight excluding hydrogens is 625 g/mol. The highest BCUT2D eigenvalue weighted by Gasteiger charge is 2.21. The number of carbonyl (C=O) groups is 2. The number of nitrogens with one attached hydrogen (secondary N) is 3. The maximum Gasteiger partial charge on any atom is 0.357 e. The van der Waals surface area contributed by atoms with Crippen LogP contribution in [-0.4, -0.2) is 37.6 Å². The number of aromatic nitrogens is 1. The van der Waals surface area contributed by atoms with E-state index in [-0.39, 0.29) is 17.0 Å². The van der Waals surface area contributed by atoms with Gasteiger partial charge in [-0.25, -0.2) is 9.78 Å². The third kappa shape index (κ3) is 11.2. The van der Waals surface area contributed by atoms with E-state index in [9.17, 15) is 9.59 Å². The molecule has 4 aromatic rings. The van der Waals surface area contributed by atoms with Crippen LogP contribution in [0.1, 0.15) is 77.0 Å². The number of allylic oxidation sites excluding steroid dienone is 2. The van der Waals surface area contributed by atoms with E-state index in [1.165, 1.54) is 36.3 Å². The van der Waals surface area contributed by atoms with Gasteiger partial charge >= 0.3 is 5.97 Å². The number of methoxy groups -OCH3 is 1. The molecule has 1 heterocycles. The van der Waals surface area contributed by atoms with E-state index in [4.69, 9.17) is 14.2 Å². The Bertz CT molecular complexity index is 1720. The molecule has 1 aromatic heterocycles. The SMILES string of the molecule is C/C=C(\C=C/NC)Oc1ccc(C)c2ccccc12.CC.CCOC(=O)c1csc(Nc2cc(C(C)(C)C)cc(NC(C)=O)c2OC)n1. The standard InChI is InChI=1S/C19H25N3O4S.C17H19NO.C2H6/c1-7-26-17(24)15-10-27-18(22-15)21-14-9-12(19(3,4)5)8-13(16(14)25-6)20-11(2)23;1-4-14(11-12-18-3)19-17-10-9-13(2)15-7-5-6-8-16(15)17;1-2/h8-10H,7H2,1-6H3,(H,20,23)(H,21,22);4-12,18H,1-3H3;1-2H3/b;12-11-,14-4+;. The Labute approximate surface area is 289 Å². The quantitative estimate of drug-likeness (QED) is 0.0867. The number of thiazole rings is 1.